The maximum absolute atomic E-state index is 12.8. The van der Waals surface area contributed by atoms with Gasteiger partial charge >= 0.3 is 5.51 Å². The average Bonchev–Trinajstić information content (AvgIpc) is 2.89. The Morgan fingerprint density at radius 2 is 1.51 bits per heavy atom. The number of alkyl halides is 3. The summed E-state index contributed by atoms with van der Waals surface area (Å²) in [6.45, 7) is 10.3. The van der Waals surface area contributed by atoms with Crippen molar-refractivity contribution in [3.8, 4) is 0 Å². The van der Waals surface area contributed by atoms with Crippen LogP contribution >= 0.6 is 11.8 Å². The molecule has 0 saturated carbocycles. The molecule has 0 spiro atoms. The molecule has 2 fully saturated rings. The van der Waals surface area contributed by atoms with Crippen LogP contribution in [0.3, 0.4) is 0 Å². The van der Waals surface area contributed by atoms with Gasteiger partial charge in [-0.2, -0.15) is 13.2 Å². The van der Waals surface area contributed by atoms with Crippen molar-refractivity contribution in [2.24, 2.45) is 5.92 Å². The van der Waals surface area contributed by atoms with Gasteiger partial charge in [-0.25, -0.2) is 0 Å². The fourth-order valence-corrected chi connectivity index (χ4v) is 6.15. The van der Waals surface area contributed by atoms with Crippen LogP contribution in [0, 0.1) is 5.92 Å². The van der Waals surface area contributed by atoms with Crippen molar-refractivity contribution in [1.29, 1.82) is 0 Å². The zero-order valence-electron chi connectivity index (χ0n) is 23.4. The first-order valence-corrected chi connectivity index (χ1v) is 15.0. The molecule has 39 heavy (non-hydrogen) atoms. The Balaban J connectivity index is 1.11. The molecule has 0 unspecified atom stereocenters. The van der Waals surface area contributed by atoms with E-state index in [2.05, 4.69) is 55.3 Å². The van der Waals surface area contributed by atoms with Gasteiger partial charge in [0.1, 0.15) is 0 Å². The topological polar surface area (TPSA) is 35.6 Å². The number of nitrogens with one attached hydrogen (secondary N) is 1. The summed E-state index contributed by atoms with van der Waals surface area (Å²) in [4.78, 5) is 17.4. The molecule has 2 aromatic rings. The van der Waals surface area contributed by atoms with Crippen LogP contribution < -0.4 is 10.2 Å². The Labute approximate surface area is 235 Å². The Hall–Kier alpha value is -2.35. The number of amides is 1. The van der Waals surface area contributed by atoms with Gasteiger partial charge in [-0.15, -0.1) is 0 Å². The molecule has 1 amide bonds. The van der Waals surface area contributed by atoms with Crippen molar-refractivity contribution >= 4 is 29.0 Å². The van der Waals surface area contributed by atoms with Crippen molar-refractivity contribution in [3.05, 3.63) is 54.1 Å². The van der Waals surface area contributed by atoms with Crippen molar-refractivity contribution < 1.29 is 18.0 Å². The number of likely N-dealkylation sites (tertiary alicyclic amines) is 1. The third kappa shape index (κ3) is 9.09. The Bertz CT molecular complexity index is 1050. The minimum Gasteiger partial charge on any atom is -0.382 e. The van der Waals surface area contributed by atoms with Gasteiger partial charge in [0.2, 0.25) is 5.91 Å². The van der Waals surface area contributed by atoms with Crippen LogP contribution in [-0.2, 0) is 10.2 Å². The van der Waals surface area contributed by atoms with Crippen molar-refractivity contribution in [2.45, 2.75) is 87.6 Å². The molecule has 214 valence electrons. The number of hydrogen-bond acceptors (Lipinski definition) is 4. The van der Waals surface area contributed by atoms with Crippen LogP contribution in [0.2, 0.25) is 0 Å². The van der Waals surface area contributed by atoms with E-state index in [1.54, 1.807) is 12.1 Å². The highest BCUT2D eigenvalue weighted by Crippen LogP contribution is 2.37. The lowest BCUT2D eigenvalue weighted by atomic mass is 9.87. The van der Waals surface area contributed by atoms with Crippen LogP contribution in [0.15, 0.2) is 53.4 Å². The van der Waals surface area contributed by atoms with Crippen LogP contribution in [0.1, 0.15) is 71.3 Å². The van der Waals surface area contributed by atoms with Gasteiger partial charge in [-0.3, -0.25) is 4.79 Å². The largest absolute Gasteiger partial charge is 0.446 e. The Morgan fingerprint density at radius 1 is 0.897 bits per heavy atom. The van der Waals surface area contributed by atoms with E-state index in [9.17, 15) is 18.0 Å². The predicted molar refractivity (Wildman–Crippen MR) is 156 cm³/mol. The summed E-state index contributed by atoms with van der Waals surface area (Å²) in [6, 6.07) is 15.6. The van der Waals surface area contributed by atoms with Crippen molar-refractivity contribution in [3.63, 3.8) is 0 Å². The smallest absolute Gasteiger partial charge is 0.382 e. The summed E-state index contributed by atoms with van der Waals surface area (Å²) >= 11 is -0.0997. The molecular weight excluding hydrogens is 519 g/mol. The molecule has 0 bridgehead atoms. The van der Waals surface area contributed by atoms with E-state index in [0.717, 1.165) is 57.5 Å². The van der Waals surface area contributed by atoms with Gasteiger partial charge in [0.05, 0.1) is 0 Å². The molecule has 0 radical (unpaired) electrons. The Kier molecular flexibility index (Phi) is 9.78. The van der Waals surface area contributed by atoms with Crippen LogP contribution in [0.5, 0.6) is 0 Å². The first-order chi connectivity index (χ1) is 18.5. The second kappa shape index (κ2) is 12.9. The minimum absolute atomic E-state index is 0.0997. The number of carbonyl (C=O) groups is 1. The number of hydrogen-bond donors (Lipinski definition) is 1. The average molecular weight is 562 g/mol. The van der Waals surface area contributed by atoms with E-state index in [1.807, 2.05) is 4.90 Å². The molecule has 0 aliphatic carbocycles. The summed E-state index contributed by atoms with van der Waals surface area (Å²) in [5.74, 6) is 0.942. The maximum Gasteiger partial charge on any atom is 0.446 e. The second-order valence-corrected chi connectivity index (χ2v) is 13.1. The molecular formula is C31H42F3N3OS. The molecule has 8 heteroatoms. The lowest BCUT2D eigenvalue weighted by molar-refractivity contribution is -0.132. The second-order valence-electron chi connectivity index (χ2n) is 12.0. The lowest BCUT2D eigenvalue weighted by Gasteiger charge is -2.34. The van der Waals surface area contributed by atoms with E-state index < -0.39 is 5.51 Å². The van der Waals surface area contributed by atoms with E-state index in [-0.39, 0.29) is 34.0 Å². The SMILES string of the molecule is CC(C)(C)c1ccc(N2CCC(CCCC(=O)N3CCC(Nc4ccc(SC(F)(F)F)cc4)CC3)CC2)cc1. The normalized spacial score (nSPS) is 17.9. The molecule has 2 aliphatic rings. The van der Waals surface area contributed by atoms with Gasteiger partial charge in [0.25, 0.3) is 0 Å². The fourth-order valence-electron chi connectivity index (χ4n) is 5.61. The number of piperidine rings is 2. The molecule has 1 N–H and O–H groups in total. The lowest BCUT2D eigenvalue weighted by Crippen LogP contribution is -2.42. The third-order valence-electron chi connectivity index (χ3n) is 8.02. The first kappa shape index (κ1) is 29.6. The standard InChI is InChI=1S/C31H42F3N3OS/c1-30(2,3)24-7-11-27(12-8-24)36-19-15-23(16-20-36)5-4-6-29(38)37-21-17-26(18-22-37)35-25-9-13-28(14-10-25)39-31(32,33)34/h7-14,23,26,35H,4-6,15-22H2,1-3H3. The number of nitrogens with zero attached hydrogens (tertiary/aromatic N) is 2. The molecule has 4 rings (SSSR count). The predicted octanol–water partition coefficient (Wildman–Crippen LogP) is 8.09. The highest BCUT2D eigenvalue weighted by molar-refractivity contribution is 8.00. The van der Waals surface area contributed by atoms with Crippen molar-refractivity contribution in [2.75, 3.05) is 36.4 Å². The molecule has 0 atom stereocenters. The zero-order valence-corrected chi connectivity index (χ0v) is 24.2. The number of rotatable bonds is 8. The summed E-state index contributed by atoms with van der Waals surface area (Å²) < 4.78 is 37.5. The fraction of sp³-hybridized carbons (Fsp3) is 0.581. The summed E-state index contributed by atoms with van der Waals surface area (Å²) in [5.41, 5.74) is -0.604. The minimum atomic E-state index is -4.27. The van der Waals surface area contributed by atoms with Crippen LogP contribution in [-0.4, -0.2) is 48.5 Å². The highest BCUT2D eigenvalue weighted by Gasteiger charge is 2.29. The quantitative estimate of drug-likeness (QED) is 0.331. The molecule has 2 aromatic carbocycles. The highest BCUT2D eigenvalue weighted by atomic mass is 32.2. The monoisotopic (exact) mass is 561 g/mol. The molecule has 2 heterocycles. The molecule has 0 aromatic heterocycles. The van der Waals surface area contributed by atoms with E-state index in [0.29, 0.717) is 12.3 Å². The molecule has 4 nitrogen and oxygen atoms in total. The van der Waals surface area contributed by atoms with Gasteiger partial charge in [-0.05, 0) is 104 Å². The molecule has 2 aliphatic heterocycles. The van der Waals surface area contributed by atoms with Crippen LogP contribution in [0.4, 0.5) is 24.5 Å². The summed E-state index contributed by atoms with van der Waals surface area (Å²) in [5, 5.41) is 3.41. The van der Waals surface area contributed by atoms with E-state index in [4.69, 9.17) is 0 Å². The third-order valence-corrected chi connectivity index (χ3v) is 8.76. The maximum atomic E-state index is 12.8. The first-order valence-electron chi connectivity index (χ1n) is 14.2. The number of halogens is 3. The number of carbonyl (C=O) groups excluding carboxylic acids is 1. The number of benzene rings is 2. The van der Waals surface area contributed by atoms with Gasteiger partial charge in [-0.1, -0.05) is 32.9 Å². The number of thioether (sulfide) groups is 1. The van der Waals surface area contributed by atoms with Gasteiger partial charge < -0.3 is 15.1 Å². The summed E-state index contributed by atoms with van der Waals surface area (Å²) in [6.07, 6.45) is 6.74. The Morgan fingerprint density at radius 3 is 2.08 bits per heavy atom. The van der Waals surface area contributed by atoms with E-state index >= 15 is 0 Å². The van der Waals surface area contributed by atoms with Gasteiger partial charge in [0, 0.05) is 54.9 Å². The number of anilines is 2. The molecule has 2 saturated heterocycles. The zero-order chi connectivity index (χ0) is 28.0. The van der Waals surface area contributed by atoms with Crippen LogP contribution in [0.25, 0.3) is 0 Å². The van der Waals surface area contributed by atoms with Crippen molar-refractivity contribution in [1.82, 2.24) is 4.90 Å². The summed E-state index contributed by atoms with van der Waals surface area (Å²) in [7, 11) is 0. The van der Waals surface area contributed by atoms with E-state index in [1.165, 1.54) is 36.2 Å². The van der Waals surface area contributed by atoms with Gasteiger partial charge in [0.15, 0.2) is 0 Å².